The van der Waals surface area contributed by atoms with Gasteiger partial charge in [-0.05, 0) is 50.0 Å². The van der Waals surface area contributed by atoms with Gasteiger partial charge >= 0.3 is 5.97 Å². The van der Waals surface area contributed by atoms with Crippen LogP contribution in [0.5, 0.6) is 0 Å². The van der Waals surface area contributed by atoms with Crippen molar-refractivity contribution >= 4 is 18.4 Å². The van der Waals surface area contributed by atoms with Crippen LogP contribution in [0.3, 0.4) is 0 Å². The van der Waals surface area contributed by atoms with Crippen molar-refractivity contribution in [2.75, 3.05) is 20.6 Å². The summed E-state index contributed by atoms with van der Waals surface area (Å²) in [6.45, 7) is 0.892. The number of carbonyl (C=O) groups is 1. The number of nitrogens with zero attached hydrogens (tertiary/aromatic N) is 1. The predicted molar refractivity (Wildman–Crippen MR) is 137 cm³/mol. The number of carbonyl (C=O) groups excluding carboxylic acids is 1. The zero-order valence-electron chi connectivity index (χ0n) is 19.5. The largest absolute Gasteiger partial charge is 0.453 e. The fraction of sp³-hybridized carbons (Fsp3) is 0.345. The average molecular weight is 464 g/mol. The molecule has 3 nitrogen and oxygen atoms in total. The maximum Gasteiger partial charge on any atom is 0.318 e. The lowest BCUT2D eigenvalue weighted by Gasteiger charge is -2.45. The fourth-order valence-electron chi connectivity index (χ4n) is 5.18. The Balaban J connectivity index is 0.00000306. The summed E-state index contributed by atoms with van der Waals surface area (Å²) >= 11 is 0. The molecular weight excluding hydrogens is 430 g/mol. The number of esters is 1. The molecule has 4 rings (SSSR count). The minimum absolute atomic E-state index is 0. The van der Waals surface area contributed by atoms with Crippen molar-refractivity contribution < 1.29 is 9.53 Å². The highest BCUT2D eigenvalue weighted by molar-refractivity contribution is 5.85. The van der Waals surface area contributed by atoms with Crippen LogP contribution in [0.15, 0.2) is 91.0 Å². The average Bonchev–Trinajstić information content (AvgIpc) is 2.82. The van der Waals surface area contributed by atoms with Crippen molar-refractivity contribution in [2.45, 2.75) is 37.2 Å². The molecule has 3 aromatic carbocycles. The smallest absolute Gasteiger partial charge is 0.318 e. The van der Waals surface area contributed by atoms with Gasteiger partial charge in [0.1, 0.15) is 11.5 Å². The number of benzene rings is 3. The summed E-state index contributed by atoms with van der Waals surface area (Å²) in [4.78, 5) is 16.2. The van der Waals surface area contributed by atoms with Crippen molar-refractivity contribution in [1.82, 2.24) is 4.90 Å². The number of ether oxygens (including phenoxy) is 1. The molecule has 0 aromatic heterocycles. The van der Waals surface area contributed by atoms with E-state index in [4.69, 9.17) is 4.74 Å². The highest BCUT2D eigenvalue weighted by atomic mass is 35.5. The van der Waals surface area contributed by atoms with Crippen molar-refractivity contribution in [3.8, 4) is 0 Å². The van der Waals surface area contributed by atoms with E-state index < -0.39 is 11.5 Å². The van der Waals surface area contributed by atoms with Crippen molar-refractivity contribution in [2.24, 2.45) is 5.92 Å². The number of hydrogen-bond donors (Lipinski definition) is 0. The van der Waals surface area contributed by atoms with Crippen LogP contribution in [0.2, 0.25) is 0 Å². The molecule has 0 radical (unpaired) electrons. The van der Waals surface area contributed by atoms with E-state index in [1.165, 1.54) is 6.42 Å². The van der Waals surface area contributed by atoms with E-state index in [0.29, 0.717) is 0 Å². The van der Waals surface area contributed by atoms with Gasteiger partial charge in [-0.25, -0.2) is 0 Å². The molecule has 1 fully saturated rings. The number of halogens is 1. The van der Waals surface area contributed by atoms with Gasteiger partial charge in [-0.2, -0.15) is 0 Å². The Morgan fingerprint density at radius 1 is 0.879 bits per heavy atom. The first kappa shape index (κ1) is 25.0. The van der Waals surface area contributed by atoms with Crippen LogP contribution in [0.4, 0.5) is 0 Å². The molecule has 0 amide bonds. The first-order chi connectivity index (χ1) is 15.6. The lowest BCUT2D eigenvalue weighted by molar-refractivity contribution is -0.175. The van der Waals surface area contributed by atoms with Gasteiger partial charge in [-0.3, -0.25) is 4.79 Å². The Morgan fingerprint density at radius 3 is 1.91 bits per heavy atom. The molecule has 1 aliphatic carbocycles. The van der Waals surface area contributed by atoms with Crippen molar-refractivity contribution in [3.63, 3.8) is 0 Å². The zero-order valence-corrected chi connectivity index (χ0v) is 20.3. The summed E-state index contributed by atoms with van der Waals surface area (Å²) in [5.74, 6) is -0.360. The molecule has 0 aliphatic heterocycles. The van der Waals surface area contributed by atoms with Crippen LogP contribution in [-0.4, -0.2) is 31.5 Å². The minimum Gasteiger partial charge on any atom is -0.453 e. The van der Waals surface area contributed by atoms with Gasteiger partial charge in [0, 0.05) is 12.5 Å². The fourth-order valence-corrected chi connectivity index (χ4v) is 5.18. The van der Waals surface area contributed by atoms with Crippen LogP contribution < -0.4 is 0 Å². The van der Waals surface area contributed by atoms with E-state index in [2.05, 4.69) is 43.3 Å². The van der Waals surface area contributed by atoms with Crippen LogP contribution in [0.1, 0.15) is 48.3 Å². The Bertz CT molecular complexity index is 954. The molecule has 0 spiro atoms. The lowest BCUT2D eigenvalue weighted by atomic mass is 9.70. The maximum absolute atomic E-state index is 14.0. The first-order valence-corrected chi connectivity index (χ1v) is 11.6. The number of hydrogen-bond acceptors (Lipinski definition) is 3. The quantitative estimate of drug-likeness (QED) is 0.378. The van der Waals surface area contributed by atoms with E-state index in [0.717, 1.165) is 42.5 Å². The summed E-state index contributed by atoms with van der Waals surface area (Å²) in [6.07, 6.45) is 4.15. The minimum atomic E-state index is -0.608. The topological polar surface area (TPSA) is 29.5 Å². The van der Waals surface area contributed by atoms with E-state index >= 15 is 0 Å². The lowest BCUT2D eigenvalue weighted by Crippen LogP contribution is -2.47. The predicted octanol–water partition coefficient (Wildman–Crippen LogP) is 6.43. The molecule has 174 valence electrons. The van der Waals surface area contributed by atoms with Crippen LogP contribution in [0, 0.1) is 5.92 Å². The van der Waals surface area contributed by atoms with Crippen molar-refractivity contribution in [3.05, 3.63) is 108 Å². The van der Waals surface area contributed by atoms with E-state index in [1.54, 1.807) is 0 Å². The summed E-state index contributed by atoms with van der Waals surface area (Å²) in [6, 6.07) is 30.4. The first-order valence-electron chi connectivity index (χ1n) is 11.6. The Morgan fingerprint density at radius 2 is 1.39 bits per heavy atom. The van der Waals surface area contributed by atoms with Crippen LogP contribution >= 0.6 is 12.4 Å². The van der Waals surface area contributed by atoms with Crippen molar-refractivity contribution in [1.29, 1.82) is 0 Å². The van der Waals surface area contributed by atoms with Crippen LogP contribution in [-0.2, 0) is 15.1 Å². The second-order valence-corrected chi connectivity index (χ2v) is 9.14. The Labute approximate surface area is 204 Å². The van der Waals surface area contributed by atoms with Gasteiger partial charge in [0.2, 0.25) is 0 Å². The molecule has 33 heavy (non-hydrogen) atoms. The Kier molecular flexibility index (Phi) is 8.71. The molecule has 4 heteroatoms. The SMILES string of the molecule is CN(C)CC1CCCCC1(OC(=O)C(c1ccccc1)c1ccccc1)c1ccccc1.Cl. The molecular formula is C29H34ClNO2. The zero-order chi connectivity index (χ0) is 22.4. The van der Waals surface area contributed by atoms with Gasteiger partial charge in [-0.1, -0.05) is 97.4 Å². The van der Waals surface area contributed by atoms with E-state index in [-0.39, 0.29) is 24.3 Å². The molecule has 1 saturated carbocycles. The maximum atomic E-state index is 14.0. The van der Waals surface area contributed by atoms with Gasteiger partial charge < -0.3 is 9.64 Å². The number of rotatable bonds is 7. The monoisotopic (exact) mass is 463 g/mol. The Hall–Kier alpha value is -2.62. The molecule has 0 bridgehead atoms. The summed E-state index contributed by atoms with van der Waals surface area (Å²) in [5, 5.41) is 0. The molecule has 0 N–H and O–H groups in total. The molecule has 3 aromatic rings. The molecule has 0 heterocycles. The molecule has 2 atom stereocenters. The van der Waals surface area contributed by atoms with Gasteiger partial charge in [0.05, 0.1) is 0 Å². The van der Waals surface area contributed by atoms with Gasteiger partial charge in [0.25, 0.3) is 0 Å². The third-order valence-electron chi connectivity index (χ3n) is 6.64. The third kappa shape index (κ3) is 5.66. The highest BCUT2D eigenvalue weighted by Gasteiger charge is 2.47. The summed E-state index contributed by atoms with van der Waals surface area (Å²) in [5.41, 5.74) is 2.43. The van der Waals surface area contributed by atoms with Gasteiger partial charge in [0.15, 0.2) is 0 Å². The highest BCUT2D eigenvalue weighted by Crippen LogP contribution is 2.46. The standard InChI is InChI=1S/C29H33NO2.ClH/c1-30(2)22-26-20-12-13-21-29(26,25-18-10-5-11-19-25)32-28(31)27(23-14-6-3-7-15-23)24-16-8-4-9-17-24;/h3-11,14-19,26-27H,12-13,20-22H2,1-2H3;1H. The van der Waals surface area contributed by atoms with E-state index in [9.17, 15) is 4.79 Å². The summed E-state index contributed by atoms with van der Waals surface area (Å²) < 4.78 is 6.68. The van der Waals surface area contributed by atoms with Crippen LogP contribution in [0.25, 0.3) is 0 Å². The molecule has 2 unspecified atom stereocenters. The third-order valence-corrected chi connectivity index (χ3v) is 6.64. The normalized spacial score (nSPS) is 20.3. The van der Waals surface area contributed by atoms with E-state index in [1.807, 2.05) is 66.7 Å². The second kappa shape index (κ2) is 11.5. The summed E-state index contributed by atoms with van der Waals surface area (Å²) in [7, 11) is 4.20. The van der Waals surface area contributed by atoms with Gasteiger partial charge in [-0.15, -0.1) is 12.4 Å². The second-order valence-electron chi connectivity index (χ2n) is 9.14. The molecule has 1 aliphatic rings. The molecule has 0 saturated heterocycles.